The third-order valence-electron chi connectivity index (χ3n) is 5.51. The van der Waals surface area contributed by atoms with E-state index in [4.69, 9.17) is 15.8 Å². The first kappa shape index (κ1) is 21.8. The Labute approximate surface area is 188 Å². The van der Waals surface area contributed by atoms with Crippen molar-refractivity contribution in [1.29, 1.82) is 0 Å². The van der Waals surface area contributed by atoms with Crippen LogP contribution in [0.5, 0.6) is 0 Å². The standard InChI is InChI=1S/C24H30N8/c1-2-3-11-23-26-22(10-6-7-16-25)29-32(23)17-18-12-14-19(15-13-18)20-8-4-5-9-21(20)24-27-30-31-28-24/h4-5,8-9,12-15H,2-3,6-7,10-11,16-17,25H2,1H3,(H,27,28,30,31). The van der Waals surface area contributed by atoms with Gasteiger partial charge in [0.15, 0.2) is 5.82 Å². The van der Waals surface area contributed by atoms with Gasteiger partial charge in [-0.1, -0.05) is 61.9 Å². The number of nitrogens with two attached hydrogens (primary N) is 1. The Morgan fingerprint density at radius 2 is 1.75 bits per heavy atom. The molecule has 166 valence electrons. The fourth-order valence-corrected chi connectivity index (χ4v) is 3.77. The van der Waals surface area contributed by atoms with Crippen molar-refractivity contribution in [2.45, 2.75) is 52.0 Å². The van der Waals surface area contributed by atoms with Crippen molar-refractivity contribution in [3.8, 4) is 22.5 Å². The molecule has 0 spiro atoms. The zero-order valence-electron chi connectivity index (χ0n) is 18.5. The zero-order chi connectivity index (χ0) is 22.2. The number of rotatable bonds is 11. The first-order valence-corrected chi connectivity index (χ1v) is 11.3. The summed E-state index contributed by atoms with van der Waals surface area (Å²) in [4.78, 5) is 4.81. The maximum absolute atomic E-state index is 5.63. The summed E-state index contributed by atoms with van der Waals surface area (Å²) in [6.07, 6.45) is 6.14. The number of hydrogen-bond donors (Lipinski definition) is 2. The van der Waals surface area contributed by atoms with Crippen LogP contribution in [0, 0.1) is 0 Å². The van der Waals surface area contributed by atoms with E-state index < -0.39 is 0 Å². The number of aryl methyl sites for hydroxylation is 2. The lowest BCUT2D eigenvalue weighted by Gasteiger charge is -2.09. The van der Waals surface area contributed by atoms with E-state index in [0.717, 1.165) is 73.4 Å². The third-order valence-corrected chi connectivity index (χ3v) is 5.51. The molecule has 8 nitrogen and oxygen atoms in total. The first-order chi connectivity index (χ1) is 15.8. The predicted molar refractivity (Wildman–Crippen MR) is 125 cm³/mol. The van der Waals surface area contributed by atoms with Gasteiger partial charge < -0.3 is 5.73 Å². The normalized spacial score (nSPS) is 11.2. The van der Waals surface area contributed by atoms with Gasteiger partial charge in [-0.2, -0.15) is 10.3 Å². The summed E-state index contributed by atoms with van der Waals surface area (Å²) < 4.78 is 2.07. The van der Waals surface area contributed by atoms with Crippen molar-refractivity contribution in [3.05, 3.63) is 65.7 Å². The molecule has 0 aliphatic heterocycles. The van der Waals surface area contributed by atoms with Gasteiger partial charge in [-0.05, 0) is 47.7 Å². The molecular formula is C24H30N8. The molecule has 0 saturated heterocycles. The molecule has 8 heteroatoms. The summed E-state index contributed by atoms with van der Waals surface area (Å²) in [5.74, 6) is 2.59. The largest absolute Gasteiger partial charge is 0.330 e. The molecule has 0 aliphatic rings. The van der Waals surface area contributed by atoms with Crippen LogP contribution in [0.1, 0.15) is 49.8 Å². The number of hydrogen-bond acceptors (Lipinski definition) is 6. The third kappa shape index (κ3) is 5.26. The van der Waals surface area contributed by atoms with Crippen LogP contribution in [-0.2, 0) is 19.4 Å². The number of nitrogens with zero attached hydrogens (tertiary/aromatic N) is 6. The Balaban J connectivity index is 1.53. The number of aromatic amines is 1. The molecule has 0 aliphatic carbocycles. The van der Waals surface area contributed by atoms with Crippen LogP contribution in [0.15, 0.2) is 48.5 Å². The molecule has 0 unspecified atom stereocenters. The minimum Gasteiger partial charge on any atom is -0.330 e. The number of aromatic nitrogens is 7. The molecule has 4 aromatic rings. The van der Waals surface area contributed by atoms with Crippen molar-refractivity contribution in [2.24, 2.45) is 5.73 Å². The van der Waals surface area contributed by atoms with Crippen molar-refractivity contribution in [3.63, 3.8) is 0 Å². The lowest BCUT2D eigenvalue weighted by atomic mass is 9.98. The van der Waals surface area contributed by atoms with E-state index in [-0.39, 0.29) is 0 Å². The fourth-order valence-electron chi connectivity index (χ4n) is 3.77. The van der Waals surface area contributed by atoms with E-state index in [9.17, 15) is 0 Å². The van der Waals surface area contributed by atoms with Crippen LogP contribution in [0.2, 0.25) is 0 Å². The molecule has 3 N–H and O–H groups in total. The van der Waals surface area contributed by atoms with E-state index >= 15 is 0 Å². The van der Waals surface area contributed by atoms with Crippen molar-refractivity contribution >= 4 is 0 Å². The summed E-state index contributed by atoms with van der Waals surface area (Å²) in [6, 6.07) is 16.7. The minimum atomic E-state index is 0.593. The molecule has 2 aromatic carbocycles. The number of tetrazole rings is 1. The van der Waals surface area contributed by atoms with Gasteiger partial charge in [0.05, 0.1) is 6.54 Å². The molecule has 2 aromatic heterocycles. The highest BCUT2D eigenvalue weighted by atomic mass is 15.5. The molecule has 2 heterocycles. The van der Waals surface area contributed by atoms with Gasteiger partial charge in [-0.15, -0.1) is 10.2 Å². The average Bonchev–Trinajstić information content (AvgIpc) is 3.49. The Morgan fingerprint density at radius 1 is 0.938 bits per heavy atom. The highest BCUT2D eigenvalue weighted by molar-refractivity contribution is 5.80. The maximum atomic E-state index is 5.63. The van der Waals surface area contributed by atoms with Gasteiger partial charge >= 0.3 is 0 Å². The number of benzene rings is 2. The molecule has 0 amide bonds. The number of nitrogens with one attached hydrogen (secondary N) is 1. The van der Waals surface area contributed by atoms with Gasteiger partial charge in [0.2, 0.25) is 5.82 Å². The number of H-pyrrole nitrogens is 1. The summed E-state index contributed by atoms with van der Waals surface area (Å²) >= 11 is 0. The smallest absolute Gasteiger partial charge is 0.205 e. The SMILES string of the molecule is CCCCc1nc(CCCCN)nn1Cc1ccc(-c2ccccc2-c2nn[nH]n2)cc1. The monoisotopic (exact) mass is 430 g/mol. The molecule has 0 saturated carbocycles. The van der Waals surface area contributed by atoms with Gasteiger partial charge in [-0.3, -0.25) is 0 Å². The lowest BCUT2D eigenvalue weighted by Crippen LogP contribution is -2.07. The topological polar surface area (TPSA) is 111 Å². The maximum Gasteiger partial charge on any atom is 0.205 e. The van der Waals surface area contributed by atoms with E-state index in [1.165, 1.54) is 5.56 Å². The van der Waals surface area contributed by atoms with Crippen LogP contribution in [0.4, 0.5) is 0 Å². The van der Waals surface area contributed by atoms with Gasteiger partial charge in [0, 0.05) is 18.4 Å². The van der Waals surface area contributed by atoms with Crippen molar-refractivity contribution < 1.29 is 0 Å². The second-order valence-electron chi connectivity index (χ2n) is 7.93. The van der Waals surface area contributed by atoms with Gasteiger partial charge in [-0.25, -0.2) is 9.67 Å². The van der Waals surface area contributed by atoms with Crippen molar-refractivity contribution in [1.82, 2.24) is 35.4 Å². The van der Waals surface area contributed by atoms with Crippen LogP contribution in [0.25, 0.3) is 22.5 Å². The zero-order valence-corrected chi connectivity index (χ0v) is 18.5. The summed E-state index contributed by atoms with van der Waals surface area (Å²) in [5.41, 5.74) is 9.97. The summed E-state index contributed by atoms with van der Waals surface area (Å²) in [5, 5.41) is 19.3. The van der Waals surface area contributed by atoms with Crippen molar-refractivity contribution in [2.75, 3.05) is 6.54 Å². The van der Waals surface area contributed by atoms with Crippen LogP contribution < -0.4 is 5.73 Å². The average molecular weight is 431 g/mol. The Hall–Kier alpha value is -3.39. The lowest BCUT2D eigenvalue weighted by molar-refractivity contribution is 0.611. The Morgan fingerprint density at radius 3 is 2.47 bits per heavy atom. The predicted octanol–water partition coefficient (Wildman–Crippen LogP) is 3.80. The molecule has 0 radical (unpaired) electrons. The fraction of sp³-hybridized carbons (Fsp3) is 0.375. The molecule has 0 atom stereocenters. The molecular weight excluding hydrogens is 400 g/mol. The minimum absolute atomic E-state index is 0.593. The van der Waals surface area contributed by atoms with E-state index in [0.29, 0.717) is 12.4 Å². The second kappa shape index (κ2) is 10.8. The highest BCUT2D eigenvalue weighted by Crippen LogP contribution is 2.29. The first-order valence-electron chi connectivity index (χ1n) is 11.3. The summed E-state index contributed by atoms with van der Waals surface area (Å²) in [6.45, 7) is 3.63. The van der Waals surface area contributed by atoms with Crippen LogP contribution >= 0.6 is 0 Å². The Bertz CT molecular complexity index is 1100. The van der Waals surface area contributed by atoms with Crippen LogP contribution in [0.3, 0.4) is 0 Å². The molecule has 0 bridgehead atoms. The second-order valence-corrected chi connectivity index (χ2v) is 7.93. The van der Waals surface area contributed by atoms with Gasteiger partial charge in [0.25, 0.3) is 0 Å². The highest BCUT2D eigenvalue weighted by Gasteiger charge is 2.12. The Kier molecular flexibility index (Phi) is 7.34. The van der Waals surface area contributed by atoms with E-state index in [2.05, 4.69) is 62.6 Å². The van der Waals surface area contributed by atoms with Gasteiger partial charge in [0.1, 0.15) is 5.82 Å². The molecule has 4 rings (SSSR count). The van der Waals surface area contributed by atoms with E-state index in [1.807, 2.05) is 18.2 Å². The number of unbranched alkanes of at least 4 members (excludes halogenated alkanes) is 2. The molecule has 32 heavy (non-hydrogen) atoms. The van der Waals surface area contributed by atoms with E-state index in [1.54, 1.807) is 0 Å². The summed E-state index contributed by atoms with van der Waals surface area (Å²) in [7, 11) is 0. The quantitative estimate of drug-likeness (QED) is 0.350. The van der Waals surface area contributed by atoms with Crippen LogP contribution in [-0.4, -0.2) is 41.9 Å². The molecule has 0 fully saturated rings.